The molecule has 0 saturated carbocycles. The number of cyclic esters (lactones) is 1. The van der Waals surface area contributed by atoms with Gasteiger partial charge in [-0.05, 0) is 48.5 Å². The first kappa shape index (κ1) is 36.6. The number of nitrogens with zero attached hydrogens (tertiary/aromatic N) is 5. The average molecular weight is 798 g/mol. The highest BCUT2D eigenvalue weighted by atomic mass is 35.7. The Morgan fingerprint density at radius 2 is 1.35 bits per heavy atom. The summed E-state index contributed by atoms with van der Waals surface area (Å²) < 4.78 is 59.9. The molecule has 3 aromatic carbocycles. The van der Waals surface area contributed by atoms with E-state index in [9.17, 15) is 21.6 Å². The van der Waals surface area contributed by atoms with E-state index in [0.29, 0.717) is 43.6 Å². The van der Waals surface area contributed by atoms with Crippen LogP contribution in [0.5, 0.6) is 0 Å². The summed E-state index contributed by atoms with van der Waals surface area (Å²) >= 11 is 23.4. The van der Waals surface area contributed by atoms with Gasteiger partial charge in [0.25, 0.3) is 9.05 Å². The van der Waals surface area contributed by atoms with Crippen molar-refractivity contribution in [1.29, 1.82) is 0 Å². The second-order valence-corrected chi connectivity index (χ2v) is 16.6. The Bertz CT molecular complexity index is 1980. The van der Waals surface area contributed by atoms with Crippen LogP contribution in [-0.2, 0) is 23.8 Å². The van der Waals surface area contributed by atoms with Crippen molar-refractivity contribution in [3.05, 3.63) is 86.6 Å². The number of hydrogen-bond donors (Lipinski definition) is 0. The number of aromatic nitrogens is 2. The molecule has 3 heterocycles. The molecule has 19 heteroatoms. The summed E-state index contributed by atoms with van der Waals surface area (Å²) in [6.45, 7) is 4.17. The number of piperazine rings is 1. The maximum atomic E-state index is 13.1. The van der Waals surface area contributed by atoms with Gasteiger partial charge in [0.2, 0.25) is 21.7 Å². The van der Waals surface area contributed by atoms with Gasteiger partial charge in [-0.15, -0.1) is 0 Å². The summed E-state index contributed by atoms with van der Waals surface area (Å²) in [7, 11) is -2.60. The first-order valence-corrected chi connectivity index (χ1v) is 19.4. The lowest BCUT2D eigenvalue weighted by Gasteiger charge is -2.34. The van der Waals surface area contributed by atoms with Crippen LogP contribution in [-0.4, -0.2) is 87.6 Å². The zero-order valence-corrected chi connectivity index (χ0v) is 30.3. The van der Waals surface area contributed by atoms with E-state index in [-0.39, 0.29) is 49.1 Å². The number of benzene rings is 3. The van der Waals surface area contributed by atoms with Gasteiger partial charge in [0.15, 0.2) is 0 Å². The minimum atomic E-state index is -3.86. The Kier molecular flexibility index (Phi) is 11.5. The maximum absolute atomic E-state index is 13.1. The molecule has 0 bridgehead atoms. The van der Waals surface area contributed by atoms with Gasteiger partial charge in [-0.3, -0.25) is 9.80 Å². The zero-order valence-electron chi connectivity index (χ0n) is 24.9. The molecule has 1 amide bonds. The predicted octanol–water partition coefficient (Wildman–Crippen LogP) is 6.60. The van der Waals surface area contributed by atoms with E-state index in [0.717, 1.165) is 5.56 Å². The molecule has 0 N–H and O–H groups in total. The van der Waals surface area contributed by atoms with Crippen LogP contribution >= 0.6 is 57.1 Å². The fourth-order valence-electron chi connectivity index (χ4n) is 5.05. The van der Waals surface area contributed by atoms with Crippen LogP contribution in [0.4, 0.5) is 10.5 Å². The van der Waals surface area contributed by atoms with E-state index in [4.69, 9.17) is 66.3 Å². The molecule has 1 atom stereocenters. The maximum Gasteiger partial charge on any atom is 0.414 e. The first-order valence-electron chi connectivity index (χ1n) is 14.1. The summed E-state index contributed by atoms with van der Waals surface area (Å²) in [5, 5.41) is 4.15. The van der Waals surface area contributed by atoms with Gasteiger partial charge in [-0.2, -0.15) is 9.29 Å². The summed E-state index contributed by atoms with van der Waals surface area (Å²) in [5.41, 5.74) is 1.49. The molecule has 2 aliphatic rings. The zero-order chi connectivity index (χ0) is 34.8. The van der Waals surface area contributed by atoms with Gasteiger partial charge >= 0.3 is 6.09 Å². The summed E-state index contributed by atoms with van der Waals surface area (Å²) in [5.74, 6) is 0.963. The van der Waals surface area contributed by atoms with Crippen molar-refractivity contribution in [1.82, 2.24) is 19.3 Å². The minimum absolute atomic E-state index is 0.0255. The number of carbonyl (C=O) groups is 1. The Labute approximate surface area is 301 Å². The van der Waals surface area contributed by atoms with Crippen LogP contribution in [0.3, 0.4) is 0 Å². The van der Waals surface area contributed by atoms with Crippen molar-refractivity contribution in [2.75, 3.05) is 44.2 Å². The Hall–Kier alpha value is -2.66. The molecule has 2 aliphatic heterocycles. The molecule has 0 aliphatic carbocycles. The van der Waals surface area contributed by atoms with Crippen molar-refractivity contribution in [3.8, 4) is 11.4 Å². The third-order valence-electron chi connectivity index (χ3n) is 7.31. The SMILES string of the molecule is Cc1nc(-c2ccc(N3CC(CN4CCN(S(=O)(=O)c5c(Cl)cccc5Cl)CC4)OC3=O)cc2)no1.O=S(=O)(Cl)c1c(Cl)cccc1Cl. The lowest BCUT2D eigenvalue weighted by atomic mass is 10.2. The summed E-state index contributed by atoms with van der Waals surface area (Å²) in [6.07, 6.45) is -0.754. The monoisotopic (exact) mass is 795 g/mol. The van der Waals surface area contributed by atoms with Crippen LogP contribution in [0, 0.1) is 6.92 Å². The number of rotatable bonds is 7. The van der Waals surface area contributed by atoms with E-state index in [2.05, 4.69) is 15.0 Å². The van der Waals surface area contributed by atoms with Gasteiger partial charge in [0.1, 0.15) is 15.9 Å². The van der Waals surface area contributed by atoms with Crippen molar-refractivity contribution in [2.45, 2.75) is 22.8 Å². The fourth-order valence-corrected chi connectivity index (χ4v) is 9.91. The lowest BCUT2D eigenvalue weighted by Crippen LogP contribution is -2.50. The second-order valence-electron chi connectivity index (χ2n) is 10.5. The molecule has 6 rings (SSSR count). The Morgan fingerprint density at radius 3 is 1.83 bits per heavy atom. The minimum Gasteiger partial charge on any atom is -0.443 e. The average Bonchev–Trinajstić information content (AvgIpc) is 3.61. The summed E-state index contributed by atoms with van der Waals surface area (Å²) in [4.78, 5) is 20.1. The van der Waals surface area contributed by atoms with E-state index in [1.807, 2.05) is 24.3 Å². The first-order chi connectivity index (χ1) is 22.6. The number of ether oxygens (including phenoxy) is 1. The van der Waals surface area contributed by atoms with Gasteiger partial charge in [-0.25, -0.2) is 21.6 Å². The fraction of sp³-hybridized carbons (Fsp3) is 0.276. The van der Waals surface area contributed by atoms with Crippen LogP contribution < -0.4 is 4.90 Å². The molecule has 0 radical (unpaired) electrons. The third-order valence-corrected chi connectivity index (χ3v) is 12.4. The number of amides is 1. The normalized spacial score (nSPS) is 17.6. The topological polar surface area (TPSA) is 143 Å². The number of sulfonamides is 1. The van der Waals surface area contributed by atoms with Crippen molar-refractivity contribution in [3.63, 3.8) is 0 Å². The molecule has 2 fully saturated rings. The van der Waals surface area contributed by atoms with E-state index in [1.54, 1.807) is 17.9 Å². The largest absolute Gasteiger partial charge is 0.443 e. The van der Waals surface area contributed by atoms with Gasteiger partial charge in [-0.1, -0.05) is 63.7 Å². The molecular weight excluding hydrogens is 772 g/mol. The highest BCUT2D eigenvalue weighted by Crippen LogP contribution is 2.33. The third kappa shape index (κ3) is 8.37. The molecule has 0 spiro atoms. The second kappa shape index (κ2) is 15.1. The standard InChI is InChI=1S/C23H23Cl2N5O5S.C6H3Cl3O2S/c1-15-26-22(27-35-15)16-5-7-17(8-6-16)30-14-18(34-23(30)31)13-28-9-11-29(12-10-28)36(32,33)21-19(24)3-2-4-20(21)25;7-4-2-1-3-5(8)6(4)12(9,10)11/h2-8,18H,9-14H2,1H3;1-3H. The van der Waals surface area contributed by atoms with E-state index < -0.39 is 25.2 Å². The van der Waals surface area contributed by atoms with Crippen LogP contribution in [0.25, 0.3) is 11.4 Å². The molecular formula is C29H26Cl5N5O7S2. The highest BCUT2D eigenvalue weighted by molar-refractivity contribution is 8.14. The van der Waals surface area contributed by atoms with E-state index in [1.165, 1.54) is 34.6 Å². The molecule has 4 aromatic rings. The molecule has 48 heavy (non-hydrogen) atoms. The summed E-state index contributed by atoms with van der Waals surface area (Å²) in [6, 6.07) is 16.3. The Balaban J connectivity index is 0.000000318. The van der Waals surface area contributed by atoms with Crippen molar-refractivity contribution < 1.29 is 30.9 Å². The van der Waals surface area contributed by atoms with E-state index >= 15 is 0 Å². The van der Waals surface area contributed by atoms with Crippen molar-refractivity contribution in [2.24, 2.45) is 0 Å². The van der Waals surface area contributed by atoms with Crippen LogP contribution in [0.2, 0.25) is 20.1 Å². The van der Waals surface area contributed by atoms with Gasteiger partial charge in [0, 0.05) is 61.6 Å². The molecule has 1 unspecified atom stereocenters. The number of halogens is 5. The predicted molar refractivity (Wildman–Crippen MR) is 183 cm³/mol. The van der Waals surface area contributed by atoms with Crippen molar-refractivity contribution >= 4 is 87.9 Å². The van der Waals surface area contributed by atoms with Crippen LogP contribution in [0.15, 0.2) is 75.0 Å². The molecule has 12 nitrogen and oxygen atoms in total. The Morgan fingerprint density at radius 1 is 0.812 bits per heavy atom. The molecule has 2 saturated heterocycles. The lowest BCUT2D eigenvalue weighted by molar-refractivity contribution is 0.0937. The number of carbonyl (C=O) groups excluding carboxylic acids is 1. The quantitative estimate of drug-likeness (QED) is 0.188. The van der Waals surface area contributed by atoms with Crippen LogP contribution in [0.1, 0.15) is 5.89 Å². The smallest absolute Gasteiger partial charge is 0.414 e. The number of aryl methyl sites for hydroxylation is 1. The molecule has 1 aromatic heterocycles. The number of hydrogen-bond acceptors (Lipinski definition) is 10. The van der Waals surface area contributed by atoms with Gasteiger partial charge < -0.3 is 9.26 Å². The number of anilines is 1. The highest BCUT2D eigenvalue weighted by Gasteiger charge is 2.36. The van der Waals surface area contributed by atoms with Gasteiger partial charge in [0.05, 0.1) is 26.6 Å². The molecule has 256 valence electrons.